The van der Waals surface area contributed by atoms with Crippen molar-refractivity contribution in [3.63, 3.8) is 0 Å². The van der Waals surface area contributed by atoms with E-state index in [0.717, 1.165) is 62.0 Å². The normalized spacial score (nSPS) is 21.2. The second kappa shape index (κ2) is 9.67. The van der Waals surface area contributed by atoms with Crippen LogP contribution in [0.4, 0.5) is 11.8 Å². The molecule has 1 aromatic carbocycles. The highest BCUT2D eigenvalue weighted by Gasteiger charge is 2.44. The van der Waals surface area contributed by atoms with E-state index in [1.807, 2.05) is 25.1 Å². The van der Waals surface area contributed by atoms with Crippen LogP contribution < -0.4 is 9.80 Å². The van der Waals surface area contributed by atoms with Crippen LogP contribution in [0.15, 0.2) is 36.4 Å². The van der Waals surface area contributed by atoms with Crippen LogP contribution in [-0.4, -0.2) is 73.3 Å². The summed E-state index contributed by atoms with van der Waals surface area (Å²) in [7, 11) is 0. The molecule has 0 bridgehead atoms. The van der Waals surface area contributed by atoms with Crippen LogP contribution in [0.2, 0.25) is 0 Å². The number of benzene rings is 1. The summed E-state index contributed by atoms with van der Waals surface area (Å²) < 4.78 is 5.63. The molecule has 3 aliphatic rings. The first-order valence-corrected chi connectivity index (χ1v) is 12.4. The smallest absolute Gasteiger partial charge is 0.233 e. The third kappa shape index (κ3) is 4.56. The number of hydrogen-bond acceptors (Lipinski definition) is 6. The number of piperidine rings is 1. The Hall–Kier alpha value is -2.67. The lowest BCUT2D eigenvalue weighted by Crippen LogP contribution is -2.56. The molecule has 176 valence electrons. The van der Waals surface area contributed by atoms with Crippen LogP contribution in [0, 0.1) is 6.92 Å². The van der Waals surface area contributed by atoms with Crippen LogP contribution in [0.5, 0.6) is 0 Å². The van der Waals surface area contributed by atoms with E-state index < -0.39 is 5.41 Å². The fraction of sp³-hybridized carbons (Fsp3) is 0.577. The summed E-state index contributed by atoms with van der Waals surface area (Å²) in [5, 5.41) is 0. The molecule has 0 spiro atoms. The van der Waals surface area contributed by atoms with E-state index in [1.54, 1.807) is 0 Å². The Morgan fingerprint density at radius 1 is 0.879 bits per heavy atom. The zero-order valence-electron chi connectivity index (χ0n) is 19.7. The number of carbonyl (C=O) groups excluding carboxylic acids is 1. The molecule has 0 N–H and O–H groups in total. The summed E-state index contributed by atoms with van der Waals surface area (Å²) in [6, 6.07) is 12.4. The molecule has 7 nitrogen and oxygen atoms in total. The SMILES string of the molecule is Cc1cc(N2CCCCC2)nc(N2CCN(C(=O)C3(c4ccccc4)CCOCC3)CC2)n1. The van der Waals surface area contributed by atoms with Gasteiger partial charge in [0.15, 0.2) is 0 Å². The number of ether oxygens (including phenoxy) is 1. The van der Waals surface area contributed by atoms with Gasteiger partial charge in [-0.2, -0.15) is 4.98 Å². The van der Waals surface area contributed by atoms with E-state index in [2.05, 4.69) is 32.9 Å². The molecule has 1 aromatic heterocycles. The Labute approximate surface area is 196 Å². The van der Waals surface area contributed by atoms with E-state index in [1.165, 1.54) is 19.3 Å². The Morgan fingerprint density at radius 2 is 1.58 bits per heavy atom. The van der Waals surface area contributed by atoms with Gasteiger partial charge in [-0.1, -0.05) is 30.3 Å². The molecule has 4 heterocycles. The maximum atomic E-state index is 13.8. The standard InChI is InChI=1S/C26H35N5O2/c1-21-20-23(29-12-6-3-7-13-29)28-25(27-21)31-16-14-30(15-17-31)24(32)26(10-18-33-19-11-26)22-8-4-2-5-9-22/h2,4-5,8-9,20H,3,6-7,10-19H2,1H3. The molecule has 2 aromatic rings. The molecule has 5 rings (SSSR count). The summed E-state index contributed by atoms with van der Waals surface area (Å²) in [5.41, 5.74) is 1.65. The second-order valence-corrected chi connectivity index (χ2v) is 9.55. The van der Waals surface area contributed by atoms with E-state index >= 15 is 0 Å². The minimum absolute atomic E-state index is 0.246. The lowest BCUT2D eigenvalue weighted by Gasteiger charge is -2.43. The zero-order chi connectivity index (χ0) is 22.7. The molecule has 7 heteroatoms. The van der Waals surface area contributed by atoms with Crippen LogP contribution in [-0.2, 0) is 14.9 Å². The van der Waals surface area contributed by atoms with Gasteiger partial charge in [0.25, 0.3) is 0 Å². The van der Waals surface area contributed by atoms with Crippen molar-refractivity contribution in [3.8, 4) is 0 Å². The number of piperazine rings is 1. The van der Waals surface area contributed by atoms with Crippen molar-refractivity contribution < 1.29 is 9.53 Å². The highest BCUT2D eigenvalue weighted by molar-refractivity contribution is 5.88. The highest BCUT2D eigenvalue weighted by atomic mass is 16.5. The number of rotatable bonds is 4. The average molecular weight is 450 g/mol. The molecule has 3 aliphatic heterocycles. The predicted octanol–water partition coefficient (Wildman–Crippen LogP) is 3.17. The highest BCUT2D eigenvalue weighted by Crippen LogP contribution is 2.37. The maximum absolute atomic E-state index is 13.8. The molecule has 3 saturated heterocycles. The second-order valence-electron chi connectivity index (χ2n) is 9.55. The zero-order valence-corrected chi connectivity index (χ0v) is 19.7. The van der Waals surface area contributed by atoms with Crippen molar-refractivity contribution in [1.29, 1.82) is 0 Å². The third-order valence-electron chi connectivity index (χ3n) is 7.44. The van der Waals surface area contributed by atoms with Gasteiger partial charge in [0.1, 0.15) is 5.82 Å². The maximum Gasteiger partial charge on any atom is 0.233 e. The van der Waals surface area contributed by atoms with Gasteiger partial charge in [0.2, 0.25) is 11.9 Å². The monoisotopic (exact) mass is 449 g/mol. The van der Waals surface area contributed by atoms with E-state index in [0.29, 0.717) is 26.3 Å². The van der Waals surface area contributed by atoms with Crippen molar-refractivity contribution in [2.24, 2.45) is 0 Å². The van der Waals surface area contributed by atoms with Crippen LogP contribution in [0.1, 0.15) is 43.4 Å². The van der Waals surface area contributed by atoms with E-state index in [4.69, 9.17) is 14.7 Å². The summed E-state index contributed by atoms with van der Waals surface area (Å²) in [5.74, 6) is 2.09. The van der Waals surface area contributed by atoms with Crippen LogP contribution >= 0.6 is 0 Å². The van der Waals surface area contributed by atoms with E-state index in [9.17, 15) is 4.79 Å². The molecule has 0 radical (unpaired) electrons. The molecule has 0 unspecified atom stereocenters. The van der Waals surface area contributed by atoms with Gasteiger partial charge in [-0.3, -0.25) is 4.79 Å². The number of aromatic nitrogens is 2. The van der Waals surface area contributed by atoms with Crippen molar-refractivity contribution >= 4 is 17.7 Å². The topological polar surface area (TPSA) is 61.8 Å². The first-order chi connectivity index (χ1) is 16.2. The fourth-order valence-corrected chi connectivity index (χ4v) is 5.48. The Kier molecular flexibility index (Phi) is 6.49. The quantitative estimate of drug-likeness (QED) is 0.715. The van der Waals surface area contributed by atoms with Gasteiger partial charge in [0, 0.05) is 64.2 Å². The summed E-state index contributed by atoms with van der Waals surface area (Å²) in [4.78, 5) is 30.2. The molecular formula is C26H35N5O2. The number of carbonyl (C=O) groups is 1. The Morgan fingerprint density at radius 3 is 2.27 bits per heavy atom. The molecule has 3 fully saturated rings. The first-order valence-electron chi connectivity index (χ1n) is 12.4. The number of hydrogen-bond donors (Lipinski definition) is 0. The largest absolute Gasteiger partial charge is 0.381 e. The number of nitrogens with zero attached hydrogens (tertiary/aromatic N) is 5. The van der Waals surface area contributed by atoms with Crippen molar-refractivity contribution in [1.82, 2.24) is 14.9 Å². The van der Waals surface area contributed by atoms with Gasteiger partial charge >= 0.3 is 0 Å². The predicted molar refractivity (Wildman–Crippen MR) is 130 cm³/mol. The average Bonchev–Trinajstić information content (AvgIpc) is 2.89. The third-order valence-corrected chi connectivity index (χ3v) is 7.44. The summed E-state index contributed by atoms with van der Waals surface area (Å²) in [6.45, 7) is 8.38. The minimum Gasteiger partial charge on any atom is -0.381 e. The van der Waals surface area contributed by atoms with Gasteiger partial charge in [-0.15, -0.1) is 0 Å². The fourth-order valence-electron chi connectivity index (χ4n) is 5.48. The lowest BCUT2D eigenvalue weighted by molar-refractivity contribution is -0.141. The molecular weight excluding hydrogens is 414 g/mol. The number of anilines is 2. The van der Waals surface area contributed by atoms with Gasteiger partial charge < -0.3 is 19.4 Å². The molecule has 1 amide bonds. The number of aryl methyl sites for hydroxylation is 1. The molecule has 0 saturated carbocycles. The van der Waals surface area contributed by atoms with Crippen LogP contribution in [0.25, 0.3) is 0 Å². The van der Waals surface area contributed by atoms with Crippen molar-refractivity contribution in [3.05, 3.63) is 47.7 Å². The minimum atomic E-state index is -0.469. The lowest BCUT2D eigenvalue weighted by atomic mass is 9.73. The molecule has 33 heavy (non-hydrogen) atoms. The Balaban J connectivity index is 1.30. The number of amides is 1. The van der Waals surface area contributed by atoms with Crippen LogP contribution in [0.3, 0.4) is 0 Å². The van der Waals surface area contributed by atoms with Gasteiger partial charge in [-0.25, -0.2) is 4.98 Å². The van der Waals surface area contributed by atoms with Gasteiger partial charge in [0.05, 0.1) is 5.41 Å². The molecule has 0 aliphatic carbocycles. The van der Waals surface area contributed by atoms with Gasteiger partial charge in [-0.05, 0) is 44.6 Å². The molecule has 0 atom stereocenters. The van der Waals surface area contributed by atoms with Crippen molar-refractivity contribution in [2.45, 2.75) is 44.4 Å². The first kappa shape index (κ1) is 22.1. The Bertz CT molecular complexity index is 946. The summed E-state index contributed by atoms with van der Waals surface area (Å²) in [6.07, 6.45) is 5.26. The van der Waals surface area contributed by atoms with Crippen molar-refractivity contribution in [2.75, 3.05) is 62.3 Å². The summed E-state index contributed by atoms with van der Waals surface area (Å²) >= 11 is 0. The van der Waals surface area contributed by atoms with E-state index in [-0.39, 0.29) is 5.91 Å².